The molecule has 7 amide bonds. The van der Waals surface area contributed by atoms with Gasteiger partial charge >= 0.3 is 11.9 Å². The predicted octanol–water partition coefficient (Wildman–Crippen LogP) is -3.33. The average Bonchev–Trinajstić information content (AvgIpc) is 2.95. The summed E-state index contributed by atoms with van der Waals surface area (Å²) in [6.07, 6.45) is -1.76. The van der Waals surface area contributed by atoms with Crippen molar-refractivity contribution in [3.63, 3.8) is 0 Å². The Labute approximate surface area is 278 Å². The topological polar surface area (TPSA) is 318 Å². The Morgan fingerprint density at radius 1 is 0.562 bits per heavy atom. The second-order valence-electron chi connectivity index (χ2n) is 12.4. The van der Waals surface area contributed by atoms with Crippen LogP contribution in [0.5, 0.6) is 0 Å². The summed E-state index contributed by atoms with van der Waals surface area (Å²) in [6, 6.07) is -8.48. The van der Waals surface area contributed by atoms with Gasteiger partial charge in [-0.2, -0.15) is 0 Å². The van der Waals surface area contributed by atoms with Crippen LogP contribution in [-0.4, -0.2) is 106 Å². The number of amides is 7. The number of nitrogens with one attached hydrogen (secondary N) is 6. The molecule has 48 heavy (non-hydrogen) atoms. The Hall–Kier alpha value is -4.81. The van der Waals surface area contributed by atoms with E-state index in [4.69, 9.17) is 11.5 Å². The molecule has 0 bridgehead atoms. The quantitative estimate of drug-likeness (QED) is 0.0567. The van der Waals surface area contributed by atoms with Crippen molar-refractivity contribution in [3.05, 3.63) is 0 Å². The minimum atomic E-state index is -1.80. The Morgan fingerprint density at radius 2 is 0.979 bits per heavy atom. The maximum absolute atomic E-state index is 13.4. The molecular formula is C29H50N8O11. The molecule has 0 aliphatic rings. The molecule has 0 heterocycles. The fourth-order valence-corrected chi connectivity index (χ4v) is 4.25. The van der Waals surface area contributed by atoms with Crippen molar-refractivity contribution >= 4 is 53.3 Å². The normalized spacial score (nSPS) is 14.8. The Balaban J connectivity index is 6.02. The molecule has 19 heteroatoms. The lowest BCUT2D eigenvalue weighted by Gasteiger charge is -2.29. The second-order valence-corrected chi connectivity index (χ2v) is 12.4. The lowest BCUT2D eigenvalue weighted by molar-refractivity contribution is -0.144. The highest BCUT2D eigenvalue weighted by molar-refractivity contribution is 5.98. The average molecular weight is 687 g/mol. The first-order valence-electron chi connectivity index (χ1n) is 15.3. The number of hydrogen-bond donors (Lipinski definition) is 10. The van der Waals surface area contributed by atoms with Crippen LogP contribution in [0.1, 0.15) is 67.7 Å². The van der Waals surface area contributed by atoms with Crippen LogP contribution in [0.25, 0.3) is 0 Å². The first kappa shape index (κ1) is 43.2. The van der Waals surface area contributed by atoms with Crippen LogP contribution in [0.3, 0.4) is 0 Å². The number of carboxylic acids is 2. The van der Waals surface area contributed by atoms with E-state index in [2.05, 4.69) is 31.9 Å². The molecule has 0 aromatic rings. The zero-order valence-corrected chi connectivity index (χ0v) is 28.2. The summed E-state index contributed by atoms with van der Waals surface area (Å²) in [5.74, 6) is -10.6. The summed E-state index contributed by atoms with van der Waals surface area (Å²) in [6.45, 7) is 10.8. The number of rotatable bonds is 21. The minimum Gasteiger partial charge on any atom is -0.481 e. The zero-order valence-electron chi connectivity index (χ0n) is 28.2. The molecule has 0 rings (SSSR count). The van der Waals surface area contributed by atoms with Crippen LogP contribution < -0.4 is 43.4 Å². The molecule has 0 fully saturated rings. The second kappa shape index (κ2) is 20.4. The van der Waals surface area contributed by atoms with Crippen LogP contribution in [0.4, 0.5) is 0 Å². The molecule has 0 aromatic carbocycles. The summed E-state index contributed by atoms with van der Waals surface area (Å²) in [4.78, 5) is 112. The predicted molar refractivity (Wildman–Crippen MR) is 169 cm³/mol. The van der Waals surface area contributed by atoms with Crippen molar-refractivity contribution in [3.8, 4) is 0 Å². The number of carbonyl (C=O) groups is 9. The summed E-state index contributed by atoms with van der Waals surface area (Å²) in [5.41, 5.74) is 10.5. The molecular weight excluding hydrogens is 636 g/mol. The summed E-state index contributed by atoms with van der Waals surface area (Å²) in [7, 11) is 0. The standard InChI is InChI=1S/C29H50N8O11/c1-12(2)8-18(29(47)48)35-26(44)17(10-21(40)41)33-25(43)16(9-19(31)38)34-27(45)22(13(3)4)37-28(46)23(14(5)6)36-24(42)15(7)32-20(39)11-30/h12-18,22-23H,8-11,30H2,1-7H3,(H2,31,38)(H,32,39)(H,33,43)(H,34,45)(H,35,44)(H,36,42)(H,37,46)(H,40,41)(H,47,48)/t15-,16-,17-,18-,22-,23-/m0/s1. The van der Waals surface area contributed by atoms with Crippen LogP contribution >= 0.6 is 0 Å². The van der Waals surface area contributed by atoms with Gasteiger partial charge in [0, 0.05) is 0 Å². The van der Waals surface area contributed by atoms with E-state index in [0.29, 0.717) is 0 Å². The Morgan fingerprint density at radius 3 is 1.38 bits per heavy atom. The molecule has 0 spiro atoms. The van der Waals surface area contributed by atoms with Crippen LogP contribution in [-0.2, 0) is 43.2 Å². The number of hydrogen-bond acceptors (Lipinski definition) is 10. The van der Waals surface area contributed by atoms with Gasteiger partial charge in [0.15, 0.2) is 0 Å². The SMILES string of the molecule is CC(C)C[C@H](NC(=O)[C@H](CC(=O)O)NC(=O)[C@H](CC(N)=O)NC(=O)[C@@H](NC(=O)[C@@H](NC(=O)[C@H](C)NC(=O)CN)C(C)C)C(C)C)C(=O)O. The molecule has 0 aliphatic heterocycles. The van der Waals surface area contributed by atoms with Gasteiger partial charge in [-0.1, -0.05) is 41.5 Å². The first-order chi connectivity index (χ1) is 22.1. The van der Waals surface area contributed by atoms with Crippen molar-refractivity contribution in [1.82, 2.24) is 31.9 Å². The van der Waals surface area contributed by atoms with Crippen molar-refractivity contribution in [2.45, 2.75) is 104 Å². The Bertz CT molecular complexity index is 1210. The van der Waals surface area contributed by atoms with Crippen molar-refractivity contribution in [2.75, 3.05) is 6.54 Å². The third kappa shape index (κ3) is 15.7. The number of primary amides is 1. The highest BCUT2D eigenvalue weighted by Crippen LogP contribution is 2.09. The zero-order chi connectivity index (χ0) is 37.5. The summed E-state index contributed by atoms with van der Waals surface area (Å²) >= 11 is 0. The lowest BCUT2D eigenvalue weighted by Crippen LogP contribution is -2.61. The number of carboxylic acid groups (broad SMARTS) is 2. The van der Waals surface area contributed by atoms with E-state index in [9.17, 15) is 53.4 Å². The van der Waals surface area contributed by atoms with Gasteiger partial charge < -0.3 is 53.6 Å². The van der Waals surface area contributed by atoms with Crippen molar-refractivity contribution < 1.29 is 53.4 Å². The van der Waals surface area contributed by atoms with E-state index in [1.165, 1.54) is 6.92 Å². The molecule has 0 saturated carbocycles. The molecule has 0 aromatic heterocycles. The van der Waals surface area contributed by atoms with Gasteiger partial charge in [-0.05, 0) is 31.1 Å². The van der Waals surface area contributed by atoms with Crippen molar-refractivity contribution in [2.24, 2.45) is 29.2 Å². The minimum absolute atomic E-state index is 0.00268. The van der Waals surface area contributed by atoms with Crippen LogP contribution in [0.2, 0.25) is 0 Å². The monoisotopic (exact) mass is 686 g/mol. The maximum atomic E-state index is 13.4. The largest absolute Gasteiger partial charge is 0.481 e. The lowest BCUT2D eigenvalue weighted by atomic mass is 9.99. The van der Waals surface area contributed by atoms with E-state index in [0.717, 1.165) is 0 Å². The van der Waals surface area contributed by atoms with Gasteiger partial charge in [-0.25, -0.2) is 4.79 Å². The van der Waals surface area contributed by atoms with Gasteiger partial charge in [0.1, 0.15) is 36.3 Å². The highest BCUT2D eigenvalue weighted by Gasteiger charge is 2.35. The fraction of sp³-hybridized carbons (Fsp3) is 0.690. The van der Waals surface area contributed by atoms with Gasteiger partial charge in [0.05, 0.1) is 19.4 Å². The van der Waals surface area contributed by atoms with Gasteiger partial charge in [0.25, 0.3) is 0 Å². The number of nitrogens with two attached hydrogens (primary N) is 2. The van der Waals surface area contributed by atoms with E-state index in [1.54, 1.807) is 41.5 Å². The molecule has 0 radical (unpaired) electrons. The van der Waals surface area contributed by atoms with Crippen LogP contribution in [0, 0.1) is 17.8 Å². The van der Waals surface area contributed by atoms with E-state index >= 15 is 0 Å². The molecule has 6 atom stereocenters. The Kier molecular flexibility index (Phi) is 18.4. The van der Waals surface area contributed by atoms with Crippen molar-refractivity contribution in [1.29, 1.82) is 0 Å². The summed E-state index contributed by atoms with van der Waals surface area (Å²) in [5, 5.41) is 32.7. The van der Waals surface area contributed by atoms with Gasteiger partial charge in [-0.3, -0.25) is 38.4 Å². The molecule has 12 N–H and O–H groups in total. The van der Waals surface area contributed by atoms with E-state index in [-0.39, 0.29) is 18.9 Å². The molecule has 272 valence electrons. The molecule has 0 unspecified atom stereocenters. The molecule has 0 aliphatic carbocycles. The van der Waals surface area contributed by atoms with Crippen LogP contribution in [0.15, 0.2) is 0 Å². The third-order valence-electron chi connectivity index (χ3n) is 6.82. The van der Waals surface area contributed by atoms with E-state index < -0.39 is 114 Å². The fourth-order valence-electron chi connectivity index (χ4n) is 4.25. The van der Waals surface area contributed by atoms with Gasteiger partial charge in [0.2, 0.25) is 41.4 Å². The molecule has 0 saturated heterocycles. The molecule has 19 nitrogen and oxygen atoms in total. The van der Waals surface area contributed by atoms with E-state index in [1.807, 2.05) is 0 Å². The maximum Gasteiger partial charge on any atom is 0.326 e. The highest BCUT2D eigenvalue weighted by atomic mass is 16.4. The number of aliphatic carboxylic acids is 2. The smallest absolute Gasteiger partial charge is 0.326 e. The number of carbonyl (C=O) groups excluding carboxylic acids is 7. The first-order valence-corrected chi connectivity index (χ1v) is 15.3. The van der Waals surface area contributed by atoms with Gasteiger partial charge in [-0.15, -0.1) is 0 Å². The summed E-state index contributed by atoms with van der Waals surface area (Å²) < 4.78 is 0. The third-order valence-corrected chi connectivity index (χ3v) is 6.82.